The summed E-state index contributed by atoms with van der Waals surface area (Å²) in [7, 11) is 0. The Labute approximate surface area is 124 Å². The summed E-state index contributed by atoms with van der Waals surface area (Å²) < 4.78 is 0. The van der Waals surface area contributed by atoms with Crippen LogP contribution < -0.4 is 16.0 Å². The summed E-state index contributed by atoms with van der Waals surface area (Å²) in [6.07, 6.45) is 1.38. The second-order valence-electron chi connectivity index (χ2n) is 5.56. The number of carbonyl (C=O) groups excluding carboxylic acids is 1. The van der Waals surface area contributed by atoms with Crippen LogP contribution in [0.1, 0.15) is 54.4 Å². The predicted molar refractivity (Wildman–Crippen MR) is 85.9 cm³/mol. The molecule has 0 fully saturated rings. The Morgan fingerprint density at radius 3 is 2.25 bits per heavy atom. The summed E-state index contributed by atoms with van der Waals surface area (Å²) in [6.45, 7) is 13.9. The van der Waals surface area contributed by atoms with Gasteiger partial charge in [0.15, 0.2) is 5.96 Å². The molecule has 5 heteroatoms. The van der Waals surface area contributed by atoms with Crippen molar-refractivity contribution < 1.29 is 4.79 Å². The van der Waals surface area contributed by atoms with Gasteiger partial charge in [-0.2, -0.15) is 0 Å². The Bertz CT molecular complexity index is 302. The Kier molecular flexibility index (Phi) is 9.86. The van der Waals surface area contributed by atoms with Crippen LogP contribution in [0, 0.1) is 5.92 Å². The maximum absolute atomic E-state index is 11.7. The normalized spacial score (nSPS) is 14.8. The van der Waals surface area contributed by atoms with Gasteiger partial charge in [0, 0.05) is 25.0 Å². The highest BCUT2D eigenvalue weighted by molar-refractivity contribution is 5.81. The smallest absolute Gasteiger partial charge is 0.222 e. The van der Waals surface area contributed by atoms with Crippen molar-refractivity contribution in [1.29, 1.82) is 0 Å². The highest BCUT2D eigenvalue weighted by Crippen LogP contribution is 1.99. The minimum absolute atomic E-state index is 0.0656. The fraction of sp³-hybridized carbons (Fsp3) is 0.867. The largest absolute Gasteiger partial charge is 0.357 e. The van der Waals surface area contributed by atoms with Crippen molar-refractivity contribution in [2.75, 3.05) is 13.1 Å². The van der Waals surface area contributed by atoms with Crippen LogP contribution in [-0.2, 0) is 4.79 Å². The van der Waals surface area contributed by atoms with E-state index in [1.165, 1.54) is 0 Å². The summed E-state index contributed by atoms with van der Waals surface area (Å²) >= 11 is 0. The molecule has 0 spiro atoms. The summed E-state index contributed by atoms with van der Waals surface area (Å²) in [4.78, 5) is 16.1. The number of guanidine groups is 1. The number of rotatable bonds is 8. The molecule has 20 heavy (non-hydrogen) atoms. The lowest BCUT2D eigenvalue weighted by Crippen LogP contribution is -2.44. The molecule has 0 saturated heterocycles. The summed E-state index contributed by atoms with van der Waals surface area (Å²) in [6, 6.07) is 0.584. The number of aliphatic imine (C=N–C) groups is 1. The van der Waals surface area contributed by atoms with Crippen molar-refractivity contribution in [1.82, 2.24) is 16.0 Å². The van der Waals surface area contributed by atoms with Crippen LogP contribution in [0.15, 0.2) is 4.99 Å². The summed E-state index contributed by atoms with van der Waals surface area (Å²) in [5.41, 5.74) is 0. The molecule has 0 aliphatic rings. The molecule has 0 aliphatic heterocycles. The first-order valence-corrected chi connectivity index (χ1v) is 7.74. The van der Waals surface area contributed by atoms with E-state index >= 15 is 0 Å². The summed E-state index contributed by atoms with van der Waals surface area (Å²) in [5.74, 6) is 1.38. The average molecular weight is 284 g/mol. The van der Waals surface area contributed by atoms with E-state index in [0.29, 0.717) is 24.9 Å². The standard InChI is InChI=1S/C15H32N4O/c1-7-12(5)18-14(20)9-10-17-15(16-8-2)19-13(6)11(3)4/h11-13H,7-10H2,1-6H3,(H,18,20)(H2,16,17,19). The van der Waals surface area contributed by atoms with Crippen molar-refractivity contribution in [2.45, 2.75) is 66.5 Å². The first-order chi connectivity index (χ1) is 9.40. The van der Waals surface area contributed by atoms with Crippen molar-refractivity contribution in [3.8, 4) is 0 Å². The van der Waals surface area contributed by atoms with Gasteiger partial charge in [-0.3, -0.25) is 9.79 Å². The van der Waals surface area contributed by atoms with Gasteiger partial charge in [0.05, 0.1) is 6.54 Å². The second-order valence-corrected chi connectivity index (χ2v) is 5.56. The third kappa shape index (κ3) is 8.77. The van der Waals surface area contributed by atoms with Crippen LogP contribution in [0.2, 0.25) is 0 Å². The van der Waals surface area contributed by atoms with E-state index < -0.39 is 0 Å². The van der Waals surface area contributed by atoms with Gasteiger partial charge in [0.1, 0.15) is 0 Å². The zero-order valence-electron chi connectivity index (χ0n) is 13.9. The van der Waals surface area contributed by atoms with Gasteiger partial charge in [0.25, 0.3) is 0 Å². The zero-order chi connectivity index (χ0) is 15.5. The SMILES string of the molecule is CCNC(=NCCC(=O)NC(C)CC)NC(C)C(C)C. The number of nitrogens with zero attached hydrogens (tertiary/aromatic N) is 1. The highest BCUT2D eigenvalue weighted by Gasteiger charge is 2.09. The molecule has 0 aliphatic carbocycles. The van der Waals surface area contributed by atoms with Gasteiger partial charge in [-0.15, -0.1) is 0 Å². The predicted octanol–water partition coefficient (Wildman–Crippen LogP) is 1.89. The van der Waals surface area contributed by atoms with Crippen molar-refractivity contribution in [3.63, 3.8) is 0 Å². The molecule has 1 amide bonds. The van der Waals surface area contributed by atoms with Gasteiger partial charge < -0.3 is 16.0 Å². The minimum Gasteiger partial charge on any atom is -0.357 e. The van der Waals surface area contributed by atoms with Crippen molar-refractivity contribution in [3.05, 3.63) is 0 Å². The number of carbonyl (C=O) groups is 1. The molecule has 0 bridgehead atoms. The van der Waals surface area contributed by atoms with Gasteiger partial charge in [-0.1, -0.05) is 20.8 Å². The van der Waals surface area contributed by atoms with Gasteiger partial charge in [0.2, 0.25) is 5.91 Å². The molecule has 0 rings (SSSR count). The fourth-order valence-electron chi connectivity index (χ4n) is 1.42. The maximum atomic E-state index is 11.7. The first kappa shape index (κ1) is 18.7. The minimum atomic E-state index is 0.0656. The molecule has 0 saturated carbocycles. The first-order valence-electron chi connectivity index (χ1n) is 7.74. The van der Waals surface area contributed by atoms with Crippen LogP contribution in [0.25, 0.3) is 0 Å². The Morgan fingerprint density at radius 1 is 1.10 bits per heavy atom. The average Bonchev–Trinajstić information content (AvgIpc) is 2.38. The van der Waals surface area contributed by atoms with E-state index in [1.807, 2.05) is 13.8 Å². The molecule has 118 valence electrons. The lowest BCUT2D eigenvalue weighted by atomic mass is 10.1. The van der Waals surface area contributed by atoms with E-state index in [1.54, 1.807) is 0 Å². The third-order valence-electron chi connectivity index (χ3n) is 3.34. The lowest BCUT2D eigenvalue weighted by Gasteiger charge is -2.20. The zero-order valence-corrected chi connectivity index (χ0v) is 13.9. The Hall–Kier alpha value is -1.26. The Morgan fingerprint density at radius 2 is 1.75 bits per heavy atom. The van der Waals surface area contributed by atoms with E-state index in [2.05, 4.69) is 48.6 Å². The van der Waals surface area contributed by atoms with Crippen LogP contribution >= 0.6 is 0 Å². The molecule has 2 atom stereocenters. The van der Waals surface area contributed by atoms with Gasteiger partial charge >= 0.3 is 0 Å². The molecule has 5 nitrogen and oxygen atoms in total. The molecule has 0 radical (unpaired) electrons. The van der Waals surface area contributed by atoms with E-state index in [0.717, 1.165) is 18.9 Å². The monoisotopic (exact) mass is 284 g/mol. The number of hydrogen-bond acceptors (Lipinski definition) is 2. The van der Waals surface area contributed by atoms with E-state index in [-0.39, 0.29) is 11.9 Å². The number of nitrogens with one attached hydrogen (secondary N) is 3. The molecule has 0 aromatic heterocycles. The van der Waals surface area contributed by atoms with Crippen LogP contribution in [0.4, 0.5) is 0 Å². The fourth-order valence-corrected chi connectivity index (χ4v) is 1.42. The van der Waals surface area contributed by atoms with Crippen LogP contribution in [-0.4, -0.2) is 37.0 Å². The third-order valence-corrected chi connectivity index (χ3v) is 3.34. The quantitative estimate of drug-likeness (QED) is 0.471. The highest BCUT2D eigenvalue weighted by atomic mass is 16.1. The molecular weight excluding hydrogens is 252 g/mol. The molecule has 3 N–H and O–H groups in total. The maximum Gasteiger partial charge on any atom is 0.222 e. The lowest BCUT2D eigenvalue weighted by molar-refractivity contribution is -0.121. The number of hydrogen-bond donors (Lipinski definition) is 3. The molecular formula is C15H32N4O. The van der Waals surface area contributed by atoms with E-state index in [9.17, 15) is 4.79 Å². The molecule has 2 unspecified atom stereocenters. The summed E-state index contributed by atoms with van der Waals surface area (Å²) in [5, 5.41) is 9.50. The van der Waals surface area contributed by atoms with Gasteiger partial charge in [-0.05, 0) is 33.1 Å². The molecule has 0 aromatic rings. The van der Waals surface area contributed by atoms with Crippen molar-refractivity contribution >= 4 is 11.9 Å². The van der Waals surface area contributed by atoms with Crippen LogP contribution in [0.3, 0.4) is 0 Å². The molecule has 0 aromatic carbocycles. The van der Waals surface area contributed by atoms with Crippen molar-refractivity contribution in [2.24, 2.45) is 10.9 Å². The van der Waals surface area contributed by atoms with Gasteiger partial charge in [-0.25, -0.2) is 0 Å². The Balaban J connectivity index is 4.23. The second kappa shape index (κ2) is 10.5. The number of amides is 1. The van der Waals surface area contributed by atoms with Crippen LogP contribution in [0.5, 0.6) is 0 Å². The van der Waals surface area contributed by atoms with E-state index in [4.69, 9.17) is 0 Å². The topological polar surface area (TPSA) is 65.5 Å². The molecule has 0 heterocycles.